The van der Waals surface area contributed by atoms with Crippen LogP contribution in [0.3, 0.4) is 0 Å². The molecule has 1 fully saturated rings. The molecule has 9 heteroatoms. The topological polar surface area (TPSA) is 63.9 Å². The van der Waals surface area contributed by atoms with E-state index in [9.17, 15) is 8.42 Å². The van der Waals surface area contributed by atoms with Gasteiger partial charge in [0.2, 0.25) is 0 Å². The van der Waals surface area contributed by atoms with Crippen LogP contribution in [0.15, 0.2) is 16.6 Å². The van der Waals surface area contributed by atoms with Crippen molar-refractivity contribution in [3.8, 4) is 0 Å². The first kappa shape index (κ1) is 14.3. The maximum atomic E-state index is 12.8. The molecule has 3 heterocycles. The second-order valence-corrected chi connectivity index (χ2v) is 7.75. The Hall–Kier alpha value is -0.670. The second-order valence-electron chi connectivity index (χ2n) is 4.66. The Morgan fingerprint density at radius 2 is 2.35 bits per heavy atom. The van der Waals surface area contributed by atoms with E-state index < -0.39 is 10.0 Å². The van der Waals surface area contributed by atoms with Crippen LogP contribution in [0.25, 0.3) is 4.96 Å². The summed E-state index contributed by atoms with van der Waals surface area (Å²) in [5, 5.41) is 1.85. The molecule has 2 aromatic rings. The third-order valence-electron chi connectivity index (χ3n) is 3.18. The summed E-state index contributed by atoms with van der Waals surface area (Å²) in [5.74, 6) is 0. The number of hydrogen-bond acceptors (Lipinski definition) is 5. The van der Waals surface area contributed by atoms with Gasteiger partial charge >= 0.3 is 0 Å². The highest BCUT2D eigenvalue weighted by Gasteiger charge is 2.33. The van der Waals surface area contributed by atoms with Crippen molar-refractivity contribution in [3.05, 3.63) is 16.7 Å². The van der Waals surface area contributed by atoms with E-state index in [4.69, 9.17) is 16.3 Å². The lowest BCUT2D eigenvalue weighted by Gasteiger charge is -2.21. The third-order valence-corrected chi connectivity index (χ3v) is 6.20. The molecule has 0 aliphatic carbocycles. The van der Waals surface area contributed by atoms with Crippen LogP contribution < -0.4 is 0 Å². The quantitative estimate of drug-likeness (QED) is 0.840. The van der Waals surface area contributed by atoms with Gasteiger partial charge in [0.15, 0.2) is 15.1 Å². The maximum absolute atomic E-state index is 12.8. The SMILES string of the molecule is CC1CN(S(=O)(=O)c2c(Cl)nc3sccn23)CCCO1. The molecule has 1 aliphatic rings. The molecule has 3 rings (SSSR count). The molecular weight excluding hydrogens is 322 g/mol. The van der Waals surface area contributed by atoms with Gasteiger partial charge in [-0.2, -0.15) is 4.31 Å². The summed E-state index contributed by atoms with van der Waals surface area (Å²) in [6.45, 7) is 3.20. The summed E-state index contributed by atoms with van der Waals surface area (Å²) in [6, 6.07) is 0. The third kappa shape index (κ3) is 2.35. The van der Waals surface area contributed by atoms with E-state index in [2.05, 4.69) is 4.98 Å². The molecule has 0 saturated carbocycles. The van der Waals surface area contributed by atoms with Gasteiger partial charge in [0.05, 0.1) is 6.10 Å². The van der Waals surface area contributed by atoms with Crippen molar-refractivity contribution in [1.29, 1.82) is 0 Å². The molecule has 1 unspecified atom stereocenters. The van der Waals surface area contributed by atoms with Crippen molar-refractivity contribution in [2.24, 2.45) is 0 Å². The van der Waals surface area contributed by atoms with Crippen molar-refractivity contribution in [3.63, 3.8) is 0 Å². The molecule has 0 N–H and O–H groups in total. The highest BCUT2D eigenvalue weighted by Crippen LogP contribution is 2.28. The van der Waals surface area contributed by atoms with E-state index in [0.717, 1.165) is 0 Å². The summed E-state index contributed by atoms with van der Waals surface area (Å²) in [6.07, 6.45) is 2.22. The molecule has 0 amide bonds. The molecular formula is C11H14ClN3O3S2. The van der Waals surface area contributed by atoms with E-state index in [1.54, 1.807) is 11.6 Å². The van der Waals surface area contributed by atoms with Crippen molar-refractivity contribution < 1.29 is 13.2 Å². The van der Waals surface area contributed by atoms with Crippen LogP contribution >= 0.6 is 22.9 Å². The summed E-state index contributed by atoms with van der Waals surface area (Å²) in [5.41, 5.74) is 0. The van der Waals surface area contributed by atoms with E-state index >= 15 is 0 Å². The van der Waals surface area contributed by atoms with Gasteiger partial charge in [-0.25, -0.2) is 13.4 Å². The van der Waals surface area contributed by atoms with Crippen molar-refractivity contribution in [2.45, 2.75) is 24.5 Å². The van der Waals surface area contributed by atoms with Gasteiger partial charge in [-0.05, 0) is 13.3 Å². The summed E-state index contributed by atoms with van der Waals surface area (Å²) in [7, 11) is -3.67. The number of sulfonamides is 1. The van der Waals surface area contributed by atoms with Crippen molar-refractivity contribution in [2.75, 3.05) is 19.7 Å². The van der Waals surface area contributed by atoms with Crippen LogP contribution in [-0.4, -0.2) is 47.9 Å². The van der Waals surface area contributed by atoms with E-state index in [0.29, 0.717) is 31.1 Å². The summed E-state index contributed by atoms with van der Waals surface area (Å²) < 4.78 is 34.1. The lowest BCUT2D eigenvalue weighted by atomic mass is 10.4. The zero-order valence-electron chi connectivity index (χ0n) is 10.8. The normalized spacial score (nSPS) is 22.2. The minimum absolute atomic E-state index is 0.0228. The highest BCUT2D eigenvalue weighted by atomic mass is 35.5. The molecule has 1 atom stereocenters. The number of imidazole rings is 1. The average Bonchev–Trinajstić information content (AvgIpc) is 2.83. The largest absolute Gasteiger partial charge is 0.377 e. The molecule has 0 aromatic carbocycles. The van der Waals surface area contributed by atoms with Crippen LogP contribution in [0.1, 0.15) is 13.3 Å². The van der Waals surface area contributed by atoms with E-state index in [-0.39, 0.29) is 16.3 Å². The van der Waals surface area contributed by atoms with Crippen LogP contribution in [0.4, 0.5) is 0 Å². The Bertz CT molecular complexity index is 724. The first-order chi connectivity index (χ1) is 9.50. The fourth-order valence-electron chi connectivity index (χ4n) is 2.27. The van der Waals surface area contributed by atoms with Gasteiger partial charge in [0.25, 0.3) is 10.0 Å². The van der Waals surface area contributed by atoms with Gasteiger partial charge in [-0.3, -0.25) is 4.40 Å². The van der Waals surface area contributed by atoms with Crippen molar-refractivity contribution in [1.82, 2.24) is 13.7 Å². The number of aromatic nitrogens is 2. The van der Waals surface area contributed by atoms with Gasteiger partial charge in [0.1, 0.15) is 0 Å². The summed E-state index contributed by atoms with van der Waals surface area (Å²) >= 11 is 7.38. The van der Waals surface area contributed by atoms with E-state index in [1.807, 2.05) is 6.92 Å². The number of thiazole rings is 1. The molecule has 0 radical (unpaired) electrons. The number of hydrogen-bond donors (Lipinski definition) is 0. The van der Waals surface area contributed by atoms with Gasteiger partial charge in [-0.1, -0.05) is 11.6 Å². The lowest BCUT2D eigenvalue weighted by molar-refractivity contribution is 0.0751. The monoisotopic (exact) mass is 335 g/mol. The maximum Gasteiger partial charge on any atom is 0.262 e. The smallest absolute Gasteiger partial charge is 0.262 e. The number of ether oxygens (including phenoxy) is 1. The minimum Gasteiger partial charge on any atom is -0.377 e. The van der Waals surface area contributed by atoms with Crippen LogP contribution in [-0.2, 0) is 14.8 Å². The fourth-order valence-corrected chi connectivity index (χ4v) is 5.23. The highest BCUT2D eigenvalue weighted by molar-refractivity contribution is 7.89. The predicted molar refractivity (Wildman–Crippen MR) is 76.9 cm³/mol. The molecule has 0 bridgehead atoms. The summed E-state index contributed by atoms with van der Waals surface area (Å²) in [4.78, 5) is 4.66. The molecule has 2 aromatic heterocycles. The van der Waals surface area contributed by atoms with Crippen molar-refractivity contribution >= 4 is 37.9 Å². The Balaban J connectivity index is 2.06. The second kappa shape index (κ2) is 5.27. The van der Waals surface area contributed by atoms with Gasteiger partial charge in [0, 0.05) is 31.3 Å². The molecule has 0 spiro atoms. The molecule has 110 valence electrons. The molecule has 1 saturated heterocycles. The standard InChI is InChI=1S/C11H14ClN3O3S2/c1-8-7-14(3-2-5-18-8)20(16,17)10-9(12)13-11-15(10)4-6-19-11/h4,6,8H,2-3,5,7H2,1H3. The Morgan fingerprint density at radius 1 is 1.55 bits per heavy atom. The number of nitrogens with zero attached hydrogens (tertiary/aromatic N) is 3. The predicted octanol–water partition coefficient (Wildman–Crippen LogP) is 1.85. The number of fused-ring (bicyclic) bond motifs is 1. The van der Waals surface area contributed by atoms with Gasteiger partial charge in [-0.15, -0.1) is 11.3 Å². The van der Waals surface area contributed by atoms with E-state index in [1.165, 1.54) is 20.0 Å². The molecule has 6 nitrogen and oxygen atoms in total. The van der Waals surface area contributed by atoms with Gasteiger partial charge < -0.3 is 4.74 Å². The molecule has 20 heavy (non-hydrogen) atoms. The zero-order chi connectivity index (χ0) is 14.3. The first-order valence-electron chi connectivity index (χ1n) is 6.23. The average molecular weight is 336 g/mol. The zero-order valence-corrected chi connectivity index (χ0v) is 13.2. The minimum atomic E-state index is -3.67. The Kier molecular flexibility index (Phi) is 3.76. The number of halogens is 1. The Morgan fingerprint density at radius 3 is 3.15 bits per heavy atom. The number of rotatable bonds is 2. The van der Waals surface area contributed by atoms with Crippen LogP contribution in [0, 0.1) is 0 Å². The molecule has 1 aliphatic heterocycles. The lowest BCUT2D eigenvalue weighted by Crippen LogP contribution is -2.36. The van der Waals surface area contributed by atoms with Crippen LogP contribution in [0.2, 0.25) is 5.15 Å². The first-order valence-corrected chi connectivity index (χ1v) is 8.92. The van der Waals surface area contributed by atoms with Crippen LogP contribution in [0.5, 0.6) is 0 Å². The Labute approximate surface area is 126 Å². The fraction of sp³-hybridized carbons (Fsp3) is 0.545.